The molecule has 1 saturated heterocycles. The standard InChI is InChI=1S/C14H20ClNO/c1-11(13-6-2-3-7-14(13)15)16-9-8-12-5-4-10-17-12/h2-3,6-7,11-12,16H,4-5,8-10H2,1H3/t11-,12-/m1/s1. The number of benzene rings is 1. The first-order valence-electron chi connectivity index (χ1n) is 6.37. The van der Waals surface area contributed by atoms with Gasteiger partial charge in [0.1, 0.15) is 0 Å². The molecule has 0 spiro atoms. The summed E-state index contributed by atoms with van der Waals surface area (Å²) >= 11 is 6.16. The van der Waals surface area contributed by atoms with Crippen LogP contribution in [0.15, 0.2) is 24.3 Å². The van der Waals surface area contributed by atoms with Crippen molar-refractivity contribution >= 4 is 11.6 Å². The highest BCUT2D eigenvalue weighted by Crippen LogP contribution is 2.22. The van der Waals surface area contributed by atoms with Gasteiger partial charge in [-0.1, -0.05) is 29.8 Å². The predicted octanol–water partition coefficient (Wildman–Crippen LogP) is 3.56. The Kier molecular flexibility index (Phi) is 4.84. The van der Waals surface area contributed by atoms with E-state index in [1.807, 2.05) is 18.2 Å². The first kappa shape index (κ1) is 12.9. The van der Waals surface area contributed by atoms with Crippen molar-refractivity contribution in [3.63, 3.8) is 0 Å². The molecule has 1 aromatic rings. The molecule has 0 unspecified atom stereocenters. The second-order valence-corrected chi connectivity index (χ2v) is 5.03. The summed E-state index contributed by atoms with van der Waals surface area (Å²) in [6.07, 6.45) is 3.97. The van der Waals surface area contributed by atoms with E-state index >= 15 is 0 Å². The minimum atomic E-state index is 0.296. The van der Waals surface area contributed by atoms with Crippen LogP contribution in [0.1, 0.15) is 37.8 Å². The Labute approximate surface area is 108 Å². The lowest BCUT2D eigenvalue weighted by Crippen LogP contribution is -2.23. The third-order valence-electron chi connectivity index (χ3n) is 3.31. The van der Waals surface area contributed by atoms with Crippen LogP contribution in [0.3, 0.4) is 0 Å². The van der Waals surface area contributed by atoms with Crippen LogP contribution in [0.2, 0.25) is 5.02 Å². The van der Waals surface area contributed by atoms with Crippen LogP contribution in [0.4, 0.5) is 0 Å². The molecule has 1 aliphatic rings. The third-order valence-corrected chi connectivity index (χ3v) is 3.66. The molecule has 0 bridgehead atoms. The fourth-order valence-corrected chi connectivity index (χ4v) is 2.57. The Morgan fingerprint density at radius 2 is 2.29 bits per heavy atom. The van der Waals surface area contributed by atoms with Gasteiger partial charge in [0.2, 0.25) is 0 Å². The van der Waals surface area contributed by atoms with Crippen LogP contribution < -0.4 is 5.32 Å². The van der Waals surface area contributed by atoms with Crippen LogP contribution >= 0.6 is 11.6 Å². The van der Waals surface area contributed by atoms with Crippen molar-refractivity contribution in [3.8, 4) is 0 Å². The van der Waals surface area contributed by atoms with Gasteiger partial charge in [0.05, 0.1) is 6.10 Å². The minimum Gasteiger partial charge on any atom is -0.378 e. The number of nitrogens with one attached hydrogen (secondary N) is 1. The zero-order chi connectivity index (χ0) is 12.1. The molecule has 0 aliphatic carbocycles. The van der Waals surface area contributed by atoms with E-state index in [1.54, 1.807) is 0 Å². The van der Waals surface area contributed by atoms with E-state index in [0.29, 0.717) is 12.1 Å². The quantitative estimate of drug-likeness (QED) is 0.866. The van der Waals surface area contributed by atoms with Crippen LogP contribution in [-0.4, -0.2) is 19.3 Å². The van der Waals surface area contributed by atoms with Gasteiger partial charge in [-0.3, -0.25) is 0 Å². The van der Waals surface area contributed by atoms with Crippen LogP contribution in [0.25, 0.3) is 0 Å². The average molecular weight is 254 g/mol. The lowest BCUT2D eigenvalue weighted by atomic mass is 10.1. The van der Waals surface area contributed by atoms with E-state index in [1.165, 1.54) is 18.4 Å². The number of hydrogen-bond donors (Lipinski definition) is 1. The van der Waals surface area contributed by atoms with E-state index < -0.39 is 0 Å². The summed E-state index contributed by atoms with van der Waals surface area (Å²) in [7, 11) is 0. The summed E-state index contributed by atoms with van der Waals surface area (Å²) in [5, 5.41) is 4.34. The molecule has 2 rings (SSSR count). The SMILES string of the molecule is C[C@@H](NCC[C@H]1CCCO1)c1ccccc1Cl. The van der Waals surface area contributed by atoms with E-state index in [2.05, 4.69) is 18.3 Å². The van der Waals surface area contributed by atoms with Crippen molar-refractivity contribution < 1.29 is 4.74 Å². The Hall–Kier alpha value is -0.570. The minimum absolute atomic E-state index is 0.296. The molecule has 17 heavy (non-hydrogen) atoms. The molecule has 0 amide bonds. The highest BCUT2D eigenvalue weighted by molar-refractivity contribution is 6.31. The fourth-order valence-electron chi connectivity index (χ4n) is 2.27. The molecule has 1 aromatic carbocycles. The van der Waals surface area contributed by atoms with Crippen molar-refractivity contribution in [2.45, 2.75) is 38.3 Å². The molecule has 0 aromatic heterocycles. The molecular formula is C14H20ClNO. The normalized spacial score (nSPS) is 21.6. The molecule has 0 radical (unpaired) electrons. The molecule has 3 heteroatoms. The third kappa shape index (κ3) is 3.70. The first-order valence-corrected chi connectivity index (χ1v) is 6.74. The molecular weight excluding hydrogens is 234 g/mol. The first-order chi connectivity index (χ1) is 8.27. The van der Waals surface area contributed by atoms with Crippen molar-refractivity contribution in [2.24, 2.45) is 0 Å². The van der Waals surface area contributed by atoms with Gasteiger partial charge in [0.15, 0.2) is 0 Å². The molecule has 2 atom stereocenters. The summed E-state index contributed by atoms with van der Waals surface area (Å²) in [5.74, 6) is 0. The molecule has 0 saturated carbocycles. The average Bonchev–Trinajstić information content (AvgIpc) is 2.82. The van der Waals surface area contributed by atoms with Crippen molar-refractivity contribution in [2.75, 3.05) is 13.2 Å². The zero-order valence-electron chi connectivity index (χ0n) is 10.3. The maximum atomic E-state index is 6.16. The van der Waals surface area contributed by atoms with Gasteiger partial charge in [-0.25, -0.2) is 0 Å². The zero-order valence-corrected chi connectivity index (χ0v) is 11.0. The van der Waals surface area contributed by atoms with Gasteiger partial charge in [0, 0.05) is 17.7 Å². The topological polar surface area (TPSA) is 21.3 Å². The van der Waals surface area contributed by atoms with E-state index in [0.717, 1.165) is 24.6 Å². The smallest absolute Gasteiger partial charge is 0.0588 e. The van der Waals surface area contributed by atoms with E-state index in [-0.39, 0.29) is 0 Å². The molecule has 1 fully saturated rings. The van der Waals surface area contributed by atoms with Crippen molar-refractivity contribution in [3.05, 3.63) is 34.9 Å². The number of ether oxygens (including phenoxy) is 1. The van der Waals surface area contributed by atoms with Crippen molar-refractivity contribution in [1.82, 2.24) is 5.32 Å². The highest BCUT2D eigenvalue weighted by Gasteiger charge is 2.15. The summed E-state index contributed by atoms with van der Waals surface area (Å²) in [6, 6.07) is 8.30. The lowest BCUT2D eigenvalue weighted by Gasteiger charge is -2.17. The Morgan fingerprint density at radius 1 is 1.47 bits per heavy atom. The van der Waals surface area contributed by atoms with Gasteiger partial charge >= 0.3 is 0 Å². The molecule has 1 heterocycles. The second kappa shape index (κ2) is 6.39. The van der Waals surface area contributed by atoms with Gasteiger partial charge < -0.3 is 10.1 Å². The Balaban J connectivity index is 1.77. The van der Waals surface area contributed by atoms with Gasteiger partial charge in [-0.05, 0) is 44.4 Å². The second-order valence-electron chi connectivity index (χ2n) is 4.62. The van der Waals surface area contributed by atoms with Gasteiger partial charge in [0.25, 0.3) is 0 Å². The molecule has 2 nitrogen and oxygen atoms in total. The van der Waals surface area contributed by atoms with Crippen LogP contribution in [0, 0.1) is 0 Å². The maximum Gasteiger partial charge on any atom is 0.0588 e. The predicted molar refractivity (Wildman–Crippen MR) is 71.5 cm³/mol. The van der Waals surface area contributed by atoms with Crippen LogP contribution in [0.5, 0.6) is 0 Å². The number of rotatable bonds is 5. The molecule has 94 valence electrons. The molecule has 1 aliphatic heterocycles. The summed E-state index contributed by atoms with van der Waals surface area (Å²) < 4.78 is 5.60. The number of halogens is 1. The van der Waals surface area contributed by atoms with Crippen molar-refractivity contribution in [1.29, 1.82) is 0 Å². The van der Waals surface area contributed by atoms with Gasteiger partial charge in [-0.2, -0.15) is 0 Å². The largest absolute Gasteiger partial charge is 0.378 e. The summed E-state index contributed by atoms with van der Waals surface area (Å²) in [5.41, 5.74) is 1.17. The summed E-state index contributed by atoms with van der Waals surface area (Å²) in [4.78, 5) is 0. The maximum absolute atomic E-state index is 6.16. The summed E-state index contributed by atoms with van der Waals surface area (Å²) in [6.45, 7) is 4.07. The van der Waals surface area contributed by atoms with Crippen LogP contribution in [-0.2, 0) is 4.74 Å². The fraction of sp³-hybridized carbons (Fsp3) is 0.571. The molecule has 1 N–H and O–H groups in total. The lowest BCUT2D eigenvalue weighted by molar-refractivity contribution is 0.103. The Morgan fingerprint density at radius 3 is 3.00 bits per heavy atom. The monoisotopic (exact) mass is 253 g/mol. The van der Waals surface area contributed by atoms with E-state index in [4.69, 9.17) is 16.3 Å². The highest BCUT2D eigenvalue weighted by atomic mass is 35.5. The number of hydrogen-bond acceptors (Lipinski definition) is 2. The van der Waals surface area contributed by atoms with E-state index in [9.17, 15) is 0 Å². The Bertz CT molecular complexity index is 350. The van der Waals surface area contributed by atoms with Gasteiger partial charge in [-0.15, -0.1) is 0 Å².